The Kier molecular flexibility index (Phi) is 9.56. The van der Waals surface area contributed by atoms with Crippen molar-refractivity contribution in [1.29, 1.82) is 0 Å². The van der Waals surface area contributed by atoms with Crippen molar-refractivity contribution in [3.63, 3.8) is 0 Å². The van der Waals surface area contributed by atoms with Gasteiger partial charge in [0.2, 0.25) is 0 Å². The van der Waals surface area contributed by atoms with Crippen LogP contribution in [-0.2, 0) is 14.3 Å². The van der Waals surface area contributed by atoms with E-state index in [0.29, 0.717) is 5.57 Å². The highest BCUT2D eigenvalue weighted by atomic mass is 35.5. The Bertz CT molecular complexity index is 1290. The summed E-state index contributed by atoms with van der Waals surface area (Å²) >= 11 is 0. The molecule has 4 atom stereocenters. The lowest BCUT2D eigenvalue weighted by Crippen LogP contribution is -2.28. The molecule has 0 saturated carbocycles. The third-order valence-electron chi connectivity index (χ3n) is 8.44. The van der Waals surface area contributed by atoms with E-state index >= 15 is 0 Å². The largest absolute Gasteiger partial charge is 0.455 e. The number of esters is 1. The molecule has 0 aromatic heterocycles. The number of carbonyl (C=O) groups excluding carboxylic acids is 1. The fourth-order valence-corrected chi connectivity index (χ4v) is 5.99. The van der Waals surface area contributed by atoms with Gasteiger partial charge in [-0.15, -0.1) is 12.4 Å². The first kappa shape index (κ1) is 30.0. The van der Waals surface area contributed by atoms with Gasteiger partial charge in [-0.05, 0) is 87.9 Å². The Hall–Kier alpha value is -2.92. The van der Waals surface area contributed by atoms with Crippen molar-refractivity contribution in [2.24, 2.45) is 5.92 Å². The molecule has 2 aromatic carbocycles. The lowest BCUT2D eigenvalue weighted by Gasteiger charge is -2.19. The van der Waals surface area contributed by atoms with Crippen LogP contribution in [0.15, 0.2) is 78.4 Å². The van der Waals surface area contributed by atoms with Gasteiger partial charge in [-0.3, -0.25) is 0 Å². The highest BCUT2D eigenvalue weighted by Gasteiger charge is 2.61. The number of allylic oxidation sites excluding steroid dienone is 2. The highest BCUT2D eigenvalue weighted by Crippen LogP contribution is 2.49. The maximum absolute atomic E-state index is 11.7. The molecule has 0 bridgehead atoms. The van der Waals surface area contributed by atoms with Gasteiger partial charge in [-0.25, -0.2) is 4.79 Å². The van der Waals surface area contributed by atoms with E-state index in [4.69, 9.17) is 9.47 Å². The Morgan fingerprint density at radius 3 is 2.30 bits per heavy atom. The van der Waals surface area contributed by atoms with Crippen molar-refractivity contribution in [2.45, 2.75) is 63.8 Å². The lowest BCUT2D eigenvalue weighted by atomic mass is 9.84. The second-order valence-corrected chi connectivity index (χ2v) is 11.7. The van der Waals surface area contributed by atoms with Crippen LogP contribution >= 0.6 is 12.4 Å². The number of carbonyl (C=O) groups is 1. The summed E-state index contributed by atoms with van der Waals surface area (Å²) in [6, 6.07) is 17.3. The molecular formula is C35H42ClNO3. The number of hydrogen-bond donors (Lipinski definition) is 0. The molecule has 212 valence electrons. The maximum atomic E-state index is 11.7. The highest BCUT2D eigenvalue weighted by molar-refractivity contribution is 5.93. The van der Waals surface area contributed by atoms with Crippen LogP contribution in [0.25, 0.3) is 17.7 Å². The zero-order valence-corrected chi connectivity index (χ0v) is 25.0. The van der Waals surface area contributed by atoms with Crippen LogP contribution in [0.5, 0.6) is 0 Å². The van der Waals surface area contributed by atoms with Gasteiger partial charge in [0.1, 0.15) is 12.2 Å². The van der Waals surface area contributed by atoms with Gasteiger partial charge in [0.25, 0.3) is 0 Å². The normalized spacial score (nSPS) is 26.4. The summed E-state index contributed by atoms with van der Waals surface area (Å²) in [4.78, 5) is 13.9. The fourth-order valence-electron chi connectivity index (χ4n) is 5.99. The second kappa shape index (κ2) is 12.7. The minimum absolute atomic E-state index is 0. The number of benzene rings is 2. The SMILES string of the molecule is C=C1C(=O)OC2C1CCC(C)=CCCC1(C)OC21.CN(C)CCC=C1c2ccccc2C=Cc2ccccc21.Cl. The number of fused-ring (bicyclic) bond motifs is 5. The fraction of sp³-hybridized carbons (Fsp3) is 0.400. The van der Waals surface area contributed by atoms with Gasteiger partial charge in [0.05, 0.1) is 5.60 Å². The van der Waals surface area contributed by atoms with E-state index in [1.807, 2.05) is 0 Å². The summed E-state index contributed by atoms with van der Waals surface area (Å²) in [5, 5.41) is 0. The van der Waals surface area contributed by atoms with Crippen LogP contribution in [0.3, 0.4) is 0 Å². The molecule has 2 aliphatic heterocycles. The molecule has 2 fully saturated rings. The van der Waals surface area contributed by atoms with E-state index in [0.717, 1.165) is 38.6 Å². The summed E-state index contributed by atoms with van der Waals surface area (Å²) in [6.07, 6.45) is 14.1. The summed E-state index contributed by atoms with van der Waals surface area (Å²) in [5.41, 5.74) is 8.52. The molecule has 4 unspecified atom stereocenters. The Morgan fingerprint density at radius 2 is 1.68 bits per heavy atom. The first-order valence-electron chi connectivity index (χ1n) is 14.2. The zero-order valence-electron chi connectivity index (χ0n) is 24.2. The lowest BCUT2D eigenvalue weighted by molar-refractivity contribution is -0.140. The van der Waals surface area contributed by atoms with Crippen LogP contribution in [0.1, 0.15) is 68.2 Å². The number of halogens is 1. The smallest absolute Gasteiger partial charge is 0.334 e. The Labute approximate surface area is 245 Å². The van der Waals surface area contributed by atoms with E-state index < -0.39 is 0 Å². The van der Waals surface area contributed by atoms with Crippen molar-refractivity contribution in [1.82, 2.24) is 4.90 Å². The van der Waals surface area contributed by atoms with Crippen LogP contribution in [0.2, 0.25) is 0 Å². The predicted molar refractivity (Wildman–Crippen MR) is 167 cm³/mol. The summed E-state index contributed by atoms with van der Waals surface area (Å²) in [7, 11) is 4.24. The van der Waals surface area contributed by atoms with Gasteiger partial charge < -0.3 is 14.4 Å². The van der Waals surface area contributed by atoms with E-state index in [1.165, 1.54) is 33.4 Å². The summed E-state index contributed by atoms with van der Waals surface area (Å²) in [6.45, 7) is 9.24. The summed E-state index contributed by atoms with van der Waals surface area (Å²) < 4.78 is 11.3. The molecule has 0 spiro atoms. The topological polar surface area (TPSA) is 42.1 Å². The first-order chi connectivity index (χ1) is 18.8. The summed E-state index contributed by atoms with van der Waals surface area (Å²) in [5.74, 6) is -0.102. The monoisotopic (exact) mass is 559 g/mol. The molecule has 0 radical (unpaired) electrons. The molecule has 2 heterocycles. The minimum atomic E-state index is -0.233. The van der Waals surface area contributed by atoms with Gasteiger partial charge >= 0.3 is 5.97 Å². The van der Waals surface area contributed by atoms with Crippen molar-refractivity contribution in [3.8, 4) is 0 Å². The van der Waals surface area contributed by atoms with Crippen molar-refractivity contribution >= 4 is 36.1 Å². The molecule has 2 aromatic rings. The third kappa shape index (κ3) is 6.52. The molecule has 0 amide bonds. The average Bonchev–Trinajstić information content (AvgIpc) is 3.55. The Morgan fingerprint density at radius 1 is 1.05 bits per heavy atom. The molecule has 4 aliphatic rings. The molecule has 0 N–H and O–H groups in total. The van der Waals surface area contributed by atoms with Gasteiger partial charge in [-0.1, -0.05) is 85.0 Å². The van der Waals surface area contributed by atoms with Crippen LogP contribution < -0.4 is 0 Å². The zero-order chi connectivity index (χ0) is 27.6. The quantitative estimate of drug-likeness (QED) is 0.142. The molecule has 2 aliphatic carbocycles. The van der Waals surface area contributed by atoms with Crippen LogP contribution in [0.4, 0.5) is 0 Å². The maximum Gasteiger partial charge on any atom is 0.334 e. The molecule has 4 nitrogen and oxygen atoms in total. The van der Waals surface area contributed by atoms with Gasteiger partial charge in [0.15, 0.2) is 0 Å². The molecule has 6 rings (SSSR count). The first-order valence-corrected chi connectivity index (χ1v) is 14.2. The molecule has 40 heavy (non-hydrogen) atoms. The average molecular weight is 560 g/mol. The number of epoxide rings is 1. The van der Waals surface area contributed by atoms with Crippen molar-refractivity contribution < 1.29 is 14.3 Å². The molecular weight excluding hydrogens is 518 g/mol. The number of rotatable bonds is 3. The second-order valence-electron chi connectivity index (χ2n) is 11.7. The number of hydrogen-bond acceptors (Lipinski definition) is 4. The minimum Gasteiger partial charge on any atom is -0.455 e. The molecule has 5 heteroatoms. The standard InChI is InChI=1S/C20H21N.C15H20O3.ClH/c1-21(2)15-7-12-20-18-10-5-3-8-16(18)13-14-17-9-4-6-11-19(17)20;1-9-5-4-8-15(3)13(18-15)12-11(7-6-9)10(2)14(16)17-12;/h3-6,8-14H,7,15H2,1-2H3;5,11-13H,2,4,6-8H2,1,3H3;1H. The molecule has 2 saturated heterocycles. The van der Waals surface area contributed by atoms with Crippen LogP contribution in [0, 0.1) is 5.92 Å². The van der Waals surface area contributed by atoms with Gasteiger partial charge in [-0.2, -0.15) is 0 Å². The van der Waals surface area contributed by atoms with E-state index in [2.05, 4.69) is 112 Å². The van der Waals surface area contributed by atoms with Crippen molar-refractivity contribution in [3.05, 3.63) is 101 Å². The van der Waals surface area contributed by atoms with Gasteiger partial charge in [0, 0.05) is 18.0 Å². The number of nitrogens with zero attached hydrogens (tertiary/aromatic N) is 1. The third-order valence-corrected chi connectivity index (χ3v) is 8.44. The number of ether oxygens (including phenoxy) is 2. The Balaban J connectivity index is 0.000000182. The van der Waals surface area contributed by atoms with Crippen LogP contribution in [-0.4, -0.2) is 49.3 Å². The van der Waals surface area contributed by atoms with E-state index in [1.54, 1.807) is 0 Å². The van der Waals surface area contributed by atoms with E-state index in [9.17, 15) is 4.79 Å². The van der Waals surface area contributed by atoms with Crippen molar-refractivity contribution in [2.75, 3.05) is 20.6 Å². The predicted octanol–water partition coefficient (Wildman–Crippen LogP) is 7.74. The van der Waals surface area contributed by atoms with E-state index in [-0.39, 0.29) is 42.1 Å².